The van der Waals surface area contributed by atoms with Gasteiger partial charge in [-0.25, -0.2) is 0 Å². The summed E-state index contributed by atoms with van der Waals surface area (Å²) < 4.78 is 2.25. The molecule has 114 valence electrons. The largest absolute Gasteiger partial charge is 0.346 e. The van der Waals surface area contributed by atoms with Crippen molar-refractivity contribution in [2.24, 2.45) is 5.73 Å². The first-order valence-corrected chi connectivity index (χ1v) is 8.27. The molecule has 0 amide bonds. The molecule has 21 heavy (non-hydrogen) atoms. The molecule has 1 aromatic heterocycles. The van der Waals surface area contributed by atoms with E-state index in [-0.39, 0.29) is 0 Å². The number of nitrogens with zero attached hydrogens (tertiary/aromatic N) is 2. The molecule has 1 aliphatic rings. The molecule has 4 heteroatoms. The van der Waals surface area contributed by atoms with E-state index in [0.29, 0.717) is 6.54 Å². The van der Waals surface area contributed by atoms with Crippen LogP contribution < -0.4 is 5.73 Å². The number of halogens is 1. The lowest BCUT2D eigenvalue weighted by Crippen LogP contribution is -2.21. The van der Waals surface area contributed by atoms with Gasteiger partial charge in [0.05, 0.1) is 0 Å². The van der Waals surface area contributed by atoms with Gasteiger partial charge in [-0.05, 0) is 62.5 Å². The van der Waals surface area contributed by atoms with Gasteiger partial charge >= 0.3 is 0 Å². The van der Waals surface area contributed by atoms with E-state index >= 15 is 0 Å². The van der Waals surface area contributed by atoms with E-state index in [4.69, 9.17) is 17.3 Å². The number of nitrogens with two attached hydrogens (primary N) is 1. The summed E-state index contributed by atoms with van der Waals surface area (Å²) >= 11 is 6.30. The molecular weight excluding hydrogens is 282 g/mol. The fraction of sp³-hybridized carbons (Fsp3) is 0.529. The van der Waals surface area contributed by atoms with E-state index in [9.17, 15) is 0 Å². The van der Waals surface area contributed by atoms with Crippen molar-refractivity contribution in [3.8, 4) is 0 Å². The van der Waals surface area contributed by atoms with E-state index in [1.54, 1.807) is 0 Å². The van der Waals surface area contributed by atoms with Crippen molar-refractivity contribution in [1.29, 1.82) is 0 Å². The standard InChI is InChI=1S/C17H24ClN3/c1-13-10-15-14(4-8-20-6-2-3-7-20)12-21(9-5-19)17(15)11-16(13)18/h10-12H,2-9,19H2,1H3. The Morgan fingerprint density at radius 1 is 1.19 bits per heavy atom. The molecule has 0 atom stereocenters. The summed E-state index contributed by atoms with van der Waals surface area (Å²) in [4.78, 5) is 2.56. The van der Waals surface area contributed by atoms with Crippen molar-refractivity contribution in [2.75, 3.05) is 26.2 Å². The summed E-state index contributed by atoms with van der Waals surface area (Å²) in [6.07, 6.45) is 6.08. The topological polar surface area (TPSA) is 34.2 Å². The fourth-order valence-corrected chi connectivity index (χ4v) is 3.46. The maximum absolute atomic E-state index is 6.30. The van der Waals surface area contributed by atoms with Crippen LogP contribution in [0.4, 0.5) is 0 Å². The summed E-state index contributed by atoms with van der Waals surface area (Å²) in [5.74, 6) is 0. The van der Waals surface area contributed by atoms with Crippen LogP contribution in [-0.4, -0.2) is 35.6 Å². The molecule has 2 heterocycles. The molecule has 1 saturated heterocycles. The molecular formula is C17H24ClN3. The molecule has 1 aromatic carbocycles. The highest BCUT2D eigenvalue weighted by atomic mass is 35.5. The summed E-state index contributed by atoms with van der Waals surface area (Å²) in [5, 5.41) is 2.18. The van der Waals surface area contributed by atoms with Crippen molar-refractivity contribution < 1.29 is 0 Å². The SMILES string of the molecule is Cc1cc2c(CCN3CCCC3)cn(CCN)c2cc1Cl. The summed E-state index contributed by atoms with van der Waals surface area (Å²) in [6, 6.07) is 4.31. The van der Waals surface area contributed by atoms with Gasteiger partial charge in [-0.15, -0.1) is 0 Å². The second-order valence-corrected chi connectivity index (χ2v) is 6.46. The number of aryl methyl sites for hydroxylation is 1. The highest BCUT2D eigenvalue weighted by Gasteiger charge is 2.14. The predicted molar refractivity (Wildman–Crippen MR) is 90.1 cm³/mol. The third-order valence-corrected chi connectivity index (χ3v) is 4.92. The molecule has 2 N–H and O–H groups in total. The maximum atomic E-state index is 6.30. The first-order chi connectivity index (χ1) is 10.2. The smallest absolute Gasteiger partial charge is 0.0498 e. The first kappa shape index (κ1) is 14.9. The van der Waals surface area contributed by atoms with Crippen LogP contribution in [-0.2, 0) is 13.0 Å². The van der Waals surface area contributed by atoms with E-state index in [0.717, 1.165) is 30.1 Å². The third-order valence-electron chi connectivity index (χ3n) is 4.51. The van der Waals surface area contributed by atoms with Gasteiger partial charge in [-0.3, -0.25) is 0 Å². The molecule has 0 saturated carbocycles. The molecule has 0 aliphatic carbocycles. The van der Waals surface area contributed by atoms with E-state index in [1.807, 2.05) is 0 Å². The van der Waals surface area contributed by atoms with Crippen molar-refractivity contribution in [1.82, 2.24) is 9.47 Å². The second kappa shape index (κ2) is 6.39. The van der Waals surface area contributed by atoms with Crippen LogP contribution >= 0.6 is 11.6 Å². The first-order valence-electron chi connectivity index (χ1n) is 7.89. The third kappa shape index (κ3) is 3.10. The van der Waals surface area contributed by atoms with Crippen LogP contribution in [0.1, 0.15) is 24.0 Å². The van der Waals surface area contributed by atoms with Gasteiger partial charge in [0.25, 0.3) is 0 Å². The second-order valence-electron chi connectivity index (χ2n) is 6.05. The number of fused-ring (bicyclic) bond motifs is 1. The maximum Gasteiger partial charge on any atom is 0.0498 e. The Bertz CT molecular complexity index is 626. The number of aromatic nitrogens is 1. The molecule has 1 aliphatic heterocycles. The van der Waals surface area contributed by atoms with Gasteiger partial charge in [0.15, 0.2) is 0 Å². The summed E-state index contributed by atoms with van der Waals surface area (Å²) in [7, 11) is 0. The van der Waals surface area contributed by atoms with Gasteiger partial charge < -0.3 is 15.2 Å². The average molecular weight is 306 g/mol. The van der Waals surface area contributed by atoms with E-state index < -0.39 is 0 Å². The number of hydrogen-bond donors (Lipinski definition) is 1. The lowest BCUT2D eigenvalue weighted by Gasteiger charge is -2.13. The lowest BCUT2D eigenvalue weighted by molar-refractivity contribution is 0.344. The minimum Gasteiger partial charge on any atom is -0.346 e. The number of rotatable bonds is 5. The molecule has 0 bridgehead atoms. The van der Waals surface area contributed by atoms with Crippen LogP contribution in [0.2, 0.25) is 5.02 Å². The van der Waals surface area contributed by atoms with Crippen LogP contribution in [0.15, 0.2) is 18.3 Å². The zero-order valence-electron chi connectivity index (χ0n) is 12.7. The Hall–Kier alpha value is -1.03. The van der Waals surface area contributed by atoms with Crippen molar-refractivity contribution >= 4 is 22.5 Å². The van der Waals surface area contributed by atoms with Gasteiger partial charge in [-0.2, -0.15) is 0 Å². The van der Waals surface area contributed by atoms with Gasteiger partial charge in [-0.1, -0.05) is 11.6 Å². The van der Waals surface area contributed by atoms with Gasteiger partial charge in [0, 0.05) is 41.8 Å². The molecule has 2 aromatic rings. The Labute approximate surface area is 131 Å². The van der Waals surface area contributed by atoms with Crippen molar-refractivity contribution in [3.63, 3.8) is 0 Å². The normalized spacial score (nSPS) is 16.1. The lowest BCUT2D eigenvalue weighted by atomic mass is 10.1. The van der Waals surface area contributed by atoms with Crippen molar-refractivity contribution in [2.45, 2.75) is 32.7 Å². The van der Waals surface area contributed by atoms with Crippen LogP contribution in [0.5, 0.6) is 0 Å². The monoisotopic (exact) mass is 305 g/mol. The molecule has 3 rings (SSSR count). The van der Waals surface area contributed by atoms with E-state index in [1.165, 1.54) is 42.4 Å². The number of likely N-dealkylation sites (tertiary alicyclic amines) is 1. The molecule has 1 fully saturated rings. The Kier molecular flexibility index (Phi) is 4.53. The fourth-order valence-electron chi connectivity index (χ4n) is 3.30. The molecule has 0 radical (unpaired) electrons. The highest BCUT2D eigenvalue weighted by molar-refractivity contribution is 6.32. The minimum absolute atomic E-state index is 0.654. The Morgan fingerprint density at radius 2 is 1.95 bits per heavy atom. The molecule has 3 nitrogen and oxygen atoms in total. The van der Waals surface area contributed by atoms with E-state index in [2.05, 4.69) is 34.7 Å². The van der Waals surface area contributed by atoms with Crippen LogP contribution in [0.25, 0.3) is 10.9 Å². The van der Waals surface area contributed by atoms with Gasteiger partial charge in [0.2, 0.25) is 0 Å². The molecule has 0 unspecified atom stereocenters. The Morgan fingerprint density at radius 3 is 2.67 bits per heavy atom. The minimum atomic E-state index is 0.654. The van der Waals surface area contributed by atoms with Crippen LogP contribution in [0.3, 0.4) is 0 Å². The number of hydrogen-bond acceptors (Lipinski definition) is 2. The van der Waals surface area contributed by atoms with Gasteiger partial charge in [0.1, 0.15) is 0 Å². The summed E-state index contributed by atoms with van der Waals surface area (Å²) in [6.45, 7) is 7.24. The van der Waals surface area contributed by atoms with Crippen molar-refractivity contribution in [3.05, 3.63) is 34.5 Å². The van der Waals surface area contributed by atoms with Crippen LogP contribution in [0, 0.1) is 6.92 Å². The quantitative estimate of drug-likeness (QED) is 0.920. The molecule has 0 spiro atoms. The predicted octanol–water partition coefficient (Wildman–Crippen LogP) is 3.20. The number of benzene rings is 1. The summed E-state index contributed by atoms with van der Waals surface area (Å²) in [5.41, 5.74) is 9.53. The average Bonchev–Trinajstić information content (AvgIpc) is 3.07. The zero-order chi connectivity index (χ0) is 14.8. The highest BCUT2D eigenvalue weighted by Crippen LogP contribution is 2.28. The Balaban J connectivity index is 1.90. The zero-order valence-corrected chi connectivity index (χ0v) is 13.5.